The van der Waals surface area contributed by atoms with Crippen molar-refractivity contribution in [2.24, 2.45) is 0 Å². The average Bonchev–Trinajstić information content (AvgIpc) is 2.80. The van der Waals surface area contributed by atoms with E-state index in [0.29, 0.717) is 0 Å². The Morgan fingerprint density at radius 1 is 1.18 bits per heavy atom. The van der Waals surface area contributed by atoms with Crippen LogP contribution in [0.2, 0.25) is 0 Å². The fourth-order valence-electron chi connectivity index (χ4n) is 2.10. The predicted octanol–water partition coefficient (Wildman–Crippen LogP) is 3.52. The summed E-state index contributed by atoms with van der Waals surface area (Å²) in [6.45, 7) is 6.00. The van der Waals surface area contributed by atoms with Gasteiger partial charge in [0.15, 0.2) is 0 Å². The van der Waals surface area contributed by atoms with Gasteiger partial charge in [-0.05, 0) is 44.5 Å². The summed E-state index contributed by atoms with van der Waals surface area (Å²) in [5.41, 5.74) is 4.22. The molecule has 0 atom stereocenters. The number of fused-ring (bicyclic) bond motifs is 1. The molecule has 0 bridgehead atoms. The Morgan fingerprint density at radius 2 is 2.00 bits per heavy atom. The maximum absolute atomic E-state index is 5.54. The van der Waals surface area contributed by atoms with Crippen LogP contribution in [0.1, 0.15) is 17.1 Å². The lowest BCUT2D eigenvalue weighted by molar-refractivity contribution is 0.505. The molecule has 3 aromatic heterocycles. The molecule has 0 N–H and O–H groups in total. The Kier molecular flexibility index (Phi) is 2.08. The van der Waals surface area contributed by atoms with Crippen LogP contribution in [0, 0.1) is 20.8 Å². The molecular weight excluding hydrogens is 212 g/mol. The molecule has 0 radical (unpaired) electrons. The summed E-state index contributed by atoms with van der Waals surface area (Å²) in [5.74, 6) is 1.84. The van der Waals surface area contributed by atoms with Crippen molar-refractivity contribution in [2.75, 3.05) is 0 Å². The molecule has 3 aromatic rings. The number of nitrogens with zero attached hydrogens (tertiary/aromatic N) is 2. The highest BCUT2D eigenvalue weighted by Crippen LogP contribution is 2.26. The molecule has 17 heavy (non-hydrogen) atoms. The molecule has 0 saturated heterocycles. The third-order valence-corrected chi connectivity index (χ3v) is 2.93. The number of aromatic nitrogens is 2. The van der Waals surface area contributed by atoms with Gasteiger partial charge in [-0.3, -0.25) is 0 Å². The average molecular weight is 226 g/mol. The van der Waals surface area contributed by atoms with E-state index in [9.17, 15) is 0 Å². The van der Waals surface area contributed by atoms with E-state index in [0.717, 1.165) is 28.4 Å². The third kappa shape index (κ3) is 1.64. The molecule has 0 aliphatic carbocycles. The molecule has 3 rings (SSSR count). The first-order valence-corrected chi connectivity index (χ1v) is 5.66. The SMILES string of the molecule is Cc1ccn2cc(-c3cc(C)oc3C)nc2c1. The third-order valence-electron chi connectivity index (χ3n) is 2.93. The van der Waals surface area contributed by atoms with Gasteiger partial charge in [0.1, 0.15) is 17.2 Å². The Bertz CT molecular complexity index is 691. The van der Waals surface area contributed by atoms with Crippen LogP contribution in [0.3, 0.4) is 0 Å². The Hall–Kier alpha value is -2.03. The maximum Gasteiger partial charge on any atom is 0.137 e. The standard InChI is InChI=1S/C14H14N2O/c1-9-4-5-16-8-13(15-14(16)6-9)12-7-10(2)17-11(12)3/h4-8H,1-3H3. The predicted molar refractivity (Wildman–Crippen MR) is 67.1 cm³/mol. The largest absolute Gasteiger partial charge is 0.466 e. The highest BCUT2D eigenvalue weighted by atomic mass is 16.3. The van der Waals surface area contributed by atoms with Crippen molar-refractivity contribution < 1.29 is 4.42 Å². The van der Waals surface area contributed by atoms with Crippen molar-refractivity contribution in [3.63, 3.8) is 0 Å². The first-order valence-electron chi connectivity index (χ1n) is 5.66. The van der Waals surface area contributed by atoms with E-state index in [1.807, 2.05) is 36.7 Å². The summed E-state index contributed by atoms with van der Waals surface area (Å²) in [6.07, 6.45) is 4.06. The number of imidazole rings is 1. The molecular formula is C14H14N2O. The van der Waals surface area contributed by atoms with Crippen LogP contribution in [-0.2, 0) is 0 Å². The molecule has 3 heterocycles. The van der Waals surface area contributed by atoms with E-state index in [1.165, 1.54) is 5.56 Å². The molecule has 0 spiro atoms. The highest BCUT2D eigenvalue weighted by molar-refractivity contribution is 5.65. The lowest BCUT2D eigenvalue weighted by atomic mass is 10.2. The van der Waals surface area contributed by atoms with Gasteiger partial charge in [0.05, 0.1) is 5.69 Å². The minimum Gasteiger partial charge on any atom is -0.466 e. The van der Waals surface area contributed by atoms with Crippen LogP contribution in [0.25, 0.3) is 16.9 Å². The molecule has 0 aromatic carbocycles. The molecule has 0 unspecified atom stereocenters. The topological polar surface area (TPSA) is 30.4 Å². The van der Waals surface area contributed by atoms with Gasteiger partial charge in [0.25, 0.3) is 0 Å². The second kappa shape index (κ2) is 3.48. The van der Waals surface area contributed by atoms with E-state index in [-0.39, 0.29) is 0 Å². The van der Waals surface area contributed by atoms with E-state index in [4.69, 9.17) is 4.42 Å². The number of furan rings is 1. The van der Waals surface area contributed by atoms with Gasteiger partial charge < -0.3 is 8.82 Å². The van der Waals surface area contributed by atoms with Crippen LogP contribution in [0.4, 0.5) is 0 Å². The van der Waals surface area contributed by atoms with Gasteiger partial charge in [0, 0.05) is 18.0 Å². The van der Waals surface area contributed by atoms with Crippen LogP contribution < -0.4 is 0 Å². The van der Waals surface area contributed by atoms with E-state index in [2.05, 4.69) is 24.0 Å². The van der Waals surface area contributed by atoms with Crippen molar-refractivity contribution in [3.8, 4) is 11.3 Å². The minimum absolute atomic E-state index is 0.919. The first kappa shape index (κ1) is 10.1. The summed E-state index contributed by atoms with van der Waals surface area (Å²) in [7, 11) is 0. The lowest BCUT2D eigenvalue weighted by Gasteiger charge is -1.92. The van der Waals surface area contributed by atoms with Gasteiger partial charge in [-0.15, -0.1) is 0 Å². The summed E-state index contributed by atoms with van der Waals surface area (Å²) in [5, 5.41) is 0. The van der Waals surface area contributed by atoms with E-state index < -0.39 is 0 Å². The number of rotatable bonds is 1. The van der Waals surface area contributed by atoms with Gasteiger partial charge in [-0.25, -0.2) is 4.98 Å². The molecule has 3 nitrogen and oxygen atoms in total. The minimum atomic E-state index is 0.919. The summed E-state index contributed by atoms with van der Waals surface area (Å²) in [4.78, 5) is 4.62. The molecule has 3 heteroatoms. The monoisotopic (exact) mass is 226 g/mol. The van der Waals surface area contributed by atoms with Crippen LogP contribution in [-0.4, -0.2) is 9.38 Å². The fourth-order valence-corrected chi connectivity index (χ4v) is 2.10. The first-order chi connectivity index (χ1) is 8.13. The zero-order valence-corrected chi connectivity index (χ0v) is 10.2. The van der Waals surface area contributed by atoms with Crippen molar-refractivity contribution in [1.29, 1.82) is 0 Å². The van der Waals surface area contributed by atoms with Crippen molar-refractivity contribution in [1.82, 2.24) is 9.38 Å². The fraction of sp³-hybridized carbons (Fsp3) is 0.214. The Balaban J connectivity index is 2.21. The Labute approximate surface area is 99.7 Å². The van der Waals surface area contributed by atoms with E-state index in [1.54, 1.807) is 0 Å². The van der Waals surface area contributed by atoms with Crippen molar-refractivity contribution >= 4 is 5.65 Å². The molecule has 0 aliphatic heterocycles. The highest BCUT2D eigenvalue weighted by Gasteiger charge is 2.10. The number of aryl methyl sites for hydroxylation is 3. The number of hydrogen-bond donors (Lipinski definition) is 0. The van der Waals surface area contributed by atoms with Gasteiger partial charge in [-0.2, -0.15) is 0 Å². The molecule has 0 fully saturated rings. The molecule has 0 saturated carbocycles. The van der Waals surface area contributed by atoms with Crippen molar-refractivity contribution in [3.05, 3.63) is 47.7 Å². The summed E-state index contributed by atoms with van der Waals surface area (Å²) in [6, 6.07) is 6.18. The summed E-state index contributed by atoms with van der Waals surface area (Å²) < 4.78 is 7.57. The molecule has 0 aliphatic rings. The zero-order valence-electron chi connectivity index (χ0n) is 10.2. The van der Waals surface area contributed by atoms with Crippen molar-refractivity contribution in [2.45, 2.75) is 20.8 Å². The van der Waals surface area contributed by atoms with Gasteiger partial charge in [-0.1, -0.05) is 0 Å². The Morgan fingerprint density at radius 3 is 2.71 bits per heavy atom. The second-order valence-electron chi connectivity index (χ2n) is 4.42. The maximum atomic E-state index is 5.54. The van der Waals surface area contributed by atoms with E-state index >= 15 is 0 Å². The number of hydrogen-bond acceptors (Lipinski definition) is 2. The number of pyridine rings is 1. The van der Waals surface area contributed by atoms with Crippen LogP contribution in [0.15, 0.2) is 35.0 Å². The molecule has 0 amide bonds. The quantitative estimate of drug-likeness (QED) is 0.635. The van der Waals surface area contributed by atoms with Gasteiger partial charge in [0.2, 0.25) is 0 Å². The lowest BCUT2D eigenvalue weighted by Crippen LogP contribution is -1.81. The van der Waals surface area contributed by atoms with Crippen LogP contribution in [0.5, 0.6) is 0 Å². The summed E-state index contributed by atoms with van der Waals surface area (Å²) >= 11 is 0. The van der Waals surface area contributed by atoms with Crippen LogP contribution >= 0.6 is 0 Å². The molecule has 86 valence electrons. The normalized spacial score (nSPS) is 11.2. The second-order valence-corrected chi connectivity index (χ2v) is 4.42. The van der Waals surface area contributed by atoms with Gasteiger partial charge >= 0.3 is 0 Å². The zero-order chi connectivity index (χ0) is 12.0. The smallest absolute Gasteiger partial charge is 0.137 e.